The summed E-state index contributed by atoms with van der Waals surface area (Å²) in [4.78, 5) is 8.48. The third kappa shape index (κ3) is 2.06. The van der Waals surface area contributed by atoms with Gasteiger partial charge in [-0.3, -0.25) is 0 Å². The van der Waals surface area contributed by atoms with Crippen LogP contribution in [0.3, 0.4) is 0 Å². The average molecular weight is 235 g/mol. The summed E-state index contributed by atoms with van der Waals surface area (Å²) in [5.74, 6) is 1.05. The molecule has 0 bridgehead atoms. The number of hydrogen-bond donors (Lipinski definition) is 1. The monoisotopic (exact) mass is 235 g/mol. The second kappa shape index (κ2) is 4.27. The van der Waals surface area contributed by atoms with E-state index in [1.165, 1.54) is 0 Å². The largest absolute Gasteiger partial charge is 0.378 e. The van der Waals surface area contributed by atoms with Crippen molar-refractivity contribution in [3.63, 3.8) is 0 Å². The van der Waals surface area contributed by atoms with Crippen molar-refractivity contribution in [1.82, 2.24) is 25.0 Å². The predicted molar refractivity (Wildman–Crippen MR) is 58.1 cm³/mol. The molecule has 3 rings (SSSR count). The molecule has 0 aromatic carbocycles. The number of aromatic nitrogens is 4. The topological polar surface area (TPSA) is 78.0 Å². The first-order valence-electron chi connectivity index (χ1n) is 5.46. The molecule has 0 amide bonds. The van der Waals surface area contributed by atoms with E-state index in [1.54, 1.807) is 6.33 Å². The van der Waals surface area contributed by atoms with Crippen molar-refractivity contribution >= 4 is 0 Å². The zero-order valence-electron chi connectivity index (χ0n) is 9.46. The molecular weight excluding hydrogens is 222 g/mol. The Kier molecular flexibility index (Phi) is 2.62. The Morgan fingerprint density at radius 2 is 2.47 bits per heavy atom. The summed E-state index contributed by atoms with van der Waals surface area (Å²) in [7, 11) is 1.89. The molecule has 1 fully saturated rings. The van der Waals surface area contributed by atoms with Gasteiger partial charge in [0.15, 0.2) is 5.82 Å². The zero-order valence-corrected chi connectivity index (χ0v) is 9.46. The smallest absolute Gasteiger partial charge is 0.278 e. The summed E-state index contributed by atoms with van der Waals surface area (Å²) >= 11 is 0. The highest BCUT2D eigenvalue weighted by Crippen LogP contribution is 2.18. The SMILES string of the molecule is Cn1cnc(-c2nc(C3COCCN3)no2)c1. The lowest BCUT2D eigenvalue weighted by Gasteiger charge is -2.20. The van der Waals surface area contributed by atoms with Gasteiger partial charge in [-0.2, -0.15) is 4.98 Å². The molecule has 2 aromatic rings. The minimum Gasteiger partial charge on any atom is -0.378 e. The average Bonchev–Trinajstić information content (AvgIpc) is 2.98. The molecule has 1 N–H and O–H groups in total. The van der Waals surface area contributed by atoms with E-state index in [9.17, 15) is 0 Å². The second-order valence-electron chi connectivity index (χ2n) is 3.96. The van der Waals surface area contributed by atoms with Crippen molar-refractivity contribution in [3.05, 3.63) is 18.3 Å². The van der Waals surface area contributed by atoms with Crippen molar-refractivity contribution in [2.24, 2.45) is 7.05 Å². The van der Waals surface area contributed by atoms with Gasteiger partial charge in [0.25, 0.3) is 5.89 Å². The lowest BCUT2D eigenvalue weighted by atomic mass is 10.2. The Labute approximate surface area is 97.8 Å². The number of nitrogens with zero attached hydrogens (tertiary/aromatic N) is 4. The van der Waals surface area contributed by atoms with Crippen LogP contribution >= 0.6 is 0 Å². The molecule has 7 heteroatoms. The Bertz CT molecular complexity index is 500. The van der Waals surface area contributed by atoms with Crippen molar-refractivity contribution in [2.75, 3.05) is 19.8 Å². The molecule has 1 saturated heterocycles. The van der Waals surface area contributed by atoms with Crippen molar-refractivity contribution in [2.45, 2.75) is 6.04 Å². The van der Waals surface area contributed by atoms with Gasteiger partial charge in [-0.15, -0.1) is 0 Å². The van der Waals surface area contributed by atoms with Crippen LogP contribution in [0.4, 0.5) is 0 Å². The quantitative estimate of drug-likeness (QED) is 0.797. The lowest BCUT2D eigenvalue weighted by Crippen LogP contribution is -2.35. The Morgan fingerprint density at radius 3 is 3.18 bits per heavy atom. The van der Waals surface area contributed by atoms with Gasteiger partial charge >= 0.3 is 0 Å². The molecule has 0 radical (unpaired) electrons. The number of hydrogen-bond acceptors (Lipinski definition) is 6. The summed E-state index contributed by atoms with van der Waals surface area (Å²) in [6.07, 6.45) is 3.53. The minimum absolute atomic E-state index is 0.00459. The molecule has 1 unspecified atom stereocenters. The third-order valence-corrected chi connectivity index (χ3v) is 2.60. The van der Waals surface area contributed by atoms with Crippen LogP contribution in [0.1, 0.15) is 11.9 Å². The molecule has 0 aliphatic carbocycles. The van der Waals surface area contributed by atoms with Crippen molar-refractivity contribution in [3.8, 4) is 11.6 Å². The van der Waals surface area contributed by atoms with Gasteiger partial charge in [-0.25, -0.2) is 4.98 Å². The Morgan fingerprint density at radius 1 is 1.53 bits per heavy atom. The fourth-order valence-electron chi connectivity index (χ4n) is 1.73. The number of ether oxygens (including phenoxy) is 1. The van der Waals surface area contributed by atoms with Crippen LogP contribution in [0, 0.1) is 0 Å². The molecule has 90 valence electrons. The third-order valence-electron chi connectivity index (χ3n) is 2.60. The standard InChI is InChI=1S/C10H13N5O2/c1-15-4-7(12-6-15)10-13-9(14-17-10)8-5-16-3-2-11-8/h4,6,8,11H,2-3,5H2,1H3. The maximum Gasteiger partial charge on any atom is 0.278 e. The van der Waals surface area contributed by atoms with Crippen LogP contribution < -0.4 is 5.32 Å². The molecule has 1 aliphatic rings. The van der Waals surface area contributed by atoms with Gasteiger partial charge in [0.2, 0.25) is 0 Å². The highest BCUT2D eigenvalue weighted by molar-refractivity contribution is 5.44. The molecular formula is C10H13N5O2. The number of morpholine rings is 1. The first-order chi connectivity index (χ1) is 8.33. The molecule has 1 atom stereocenters. The van der Waals surface area contributed by atoms with E-state index >= 15 is 0 Å². The molecule has 17 heavy (non-hydrogen) atoms. The summed E-state index contributed by atoms with van der Waals surface area (Å²) in [6.45, 7) is 2.10. The van der Waals surface area contributed by atoms with Crippen LogP contribution in [0.15, 0.2) is 17.0 Å². The minimum atomic E-state index is 0.00459. The molecule has 1 aliphatic heterocycles. The van der Waals surface area contributed by atoms with Crippen LogP contribution in [0.5, 0.6) is 0 Å². The zero-order chi connectivity index (χ0) is 11.7. The van der Waals surface area contributed by atoms with Gasteiger partial charge in [-0.1, -0.05) is 5.16 Å². The molecule has 0 saturated carbocycles. The number of nitrogens with one attached hydrogen (secondary N) is 1. The Hall–Kier alpha value is -1.73. The van der Waals surface area contributed by atoms with E-state index in [1.807, 2.05) is 17.8 Å². The van der Waals surface area contributed by atoms with Gasteiger partial charge < -0.3 is 19.1 Å². The molecule has 7 nitrogen and oxygen atoms in total. The van der Waals surface area contributed by atoms with Crippen molar-refractivity contribution < 1.29 is 9.26 Å². The van der Waals surface area contributed by atoms with Gasteiger partial charge in [0, 0.05) is 19.8 Å². The van der Waals surface area contributed by atoms with Crippen molar-refractivity contribution in [1.29, 1.82) is 0 Å². The lowest BCUT2D eigenvalue weighted by molar-refractivity contribution is 0.0734. The molecule has 0 spiro atoms. The number of imidazole rings is 1. The van der Waals surface area contributed by atoms with Crippen LogP contribution in [-0.2, 0) is 11.8 Å². The fourth-order valence-corrected chi connectivity index (χ4v) is 1.73. The Balaban J connectivity index is 1.82. The normalized spacial score (nSPS) is 20.6. The summed E-state index contributed by atoms with van der Waals surface area (Å²) in [6, 6.07) is 0.00459. The molecule has 3 heterocycles. The summed E-state index contributed by atoms with van der Waals surface area (Å²) in [5.41, 5.74) is 0.683. The first kappa shape index (κ1) is 10.4. The highest BCUT2D eigenvalue weighted by Gasteiger charge is 2.21. The van der Waals surface area contributed by atoms with E-state index in [2.05, 4.69) is 20.4 Å². The van der Waals surface area contributed by atoms with E-state index in [0.717, 1.165) is 13.2 Å². The number of rotatable bonds is 2. The number of aryl methyl sites for hydroxylation is 1. The van der Waals surface area contributed by atoms with Crippen LogP contribution in [0.2, 0.25) is 0 Å². The van der Waals surface area contributed by atoms with Crippen LogP contribution in [0.25, 0.3) is 11.6 Å². The summed E-state index contributed by atoms with van der Waals surface area (Å²) < 4.78 is 12.4. The van der Waals surface area contributed by atoms with Crippen LogP contribution in [-0.4, -0.2) is 39.5 Å². The highest BCUT2D eigenvalue weighted by atomic mass is 16.5. The van der Waals surface area contributed by atoms with E-state index in [-0.39, 0.29) is 6.04 Å². The van der Waals surface area contributed by atoms with E-state index in [4.69, 9.17) is 9.26 Å². The van der Waals surface area contributed by atoms with Gasteiger partial charge in [0.1, 0.15) is 5.69 Å². The maximum absolute atomic E-state index is 5.35. The second-order valence-corrected chi connectivity index (χ2v) is 3.96. The first-order valence-corrected chi connectivity index (χ1v) is 5.46. The fraction of sp³-hybridized carbons (Fsp3) is 0.500. The van der Waals surface area contributed by atoms with Gasteiger partial charge in [-0.05, 0) is 0 Å². The van der Waals surface area contributed by atoms with E-state index in [0.29, 0.717) is 24.0 Å². The maximum atomic E-state index is 5.35. The molecule has 2 aromatic heterocycles. The predicted octanol–water partition coefficient (Wildman–Crippen LogP) is 0.131. The van der Waals surface area contributed by atoms with Gasteiger partial charge in [0.05, 0.1) is 25.6 Å². The van der Waals surface area contributed by atoms with E-state index < -0.39 is 0 Å². The summed E-state index contributed by atoms with van der Waals surface area (Å²) in [5, 5.41) is 7.22.